The van der Waals surface area contributed by atoms with Gasteiger partial charge in [-0.3, -0.25) is 14.4 Å². The Morgan fingerprint density at radius 2 is 1.51 bits per heavy atom. The largest absolute Gasteiger partial charge is 0.497 e. The van der Waals surface area contributed by atoms with Crippen molar-refractivity contribution < 1.29 is 23.9 Å². The van der Waals surface area contributed by atoms with E-state index in [4.69, 9.17) is 9.47 Å². The van der Waals surface area contributed by atoms with Crippen molar-refractivity contribution in [3.8, 4) is 11.5 Å². The number of para-hydroxylation sites is 1. The molecule has 0 radical (unpaired) electrons. The molecule has 4 rings (SSSR count). The van der Waals surface area contributed by atoms with Gasteiger partial charge in [0, 0.05) is 44.8 Å². The second-order valence-corrected chi connectivity index (χ2v) is 8.94. The number of carbonyl (C=O) groups excluding carboxylic acids is 3. The highest BCUT2D eigenvalue weighted by molar-refractivity contribution is 5.94. The van der Waals surface area contributed by atoms with Crippen LogP contribution in [0.5, 0.6) is 11.5 Å². The van der Waals surface area contributed by atoms with E-state index in [1.165, 1.54) is 0 Å². The Morgan fingerprint density at radius 3 is 2.20 bits per heavy atom. The number of nitrogens with zero attached hydrogens (tertiary/aromatic N) is 3. The lowest BCUT2D eigenvalue weighted by molar-refractivity contribution is -0.142. The van der Waals surface area contributed by atoms with Crippen LogP contribution in [-0.2, 0) is 9.59 Å². The molecule has 0 aliphatic carbocycles. The van der Waals surface area contributed by atoms with Gasteiger partial charge in [-0.05, 0) is 49.2 Å². The molecule has 8 nitrogen and oxygen atoms in total. The van der Waals surface area contributed by atoms with Crippen LogP contribution in [0, 0.1) is 5.92 Å². The van der Waals surface area contributed by atoms with Crippen molar-refractivity contribution in [1.82, 2.24) is 14.7 Å². The molecular formula is C27H33N3O5. The van der Waals surface area contributed by atoms with Gasteiger partial charge in [0.1, 0.15) is 11.5 Å². The normalized spacial score (nSPS) is 18.2. The van der Waals surface area contributed by atoms with E-state index in [-0.39, 0.29) is 23.6 Å². The quantitative estimate of drug-likeness (QED) is 0.610. The van der Waals surface area contributed by atoms with Crippen LogP contribution in [-0.4, -0.2) is 85.4 Å². The molecule has 2 heterocycles. The van der Waals surface area contributed by atoms with Gasteiger partial charge in [0.2, 0.25) is 11.8 Å². The lowest BCUT2D eigenvalue weighted by Gasteiger charge is -2.39. The standard InChI is InChI=1S/C27H33N3O5/c1-34-23-11-9-21(10-12-23)26(32)28-15-17-29(18-16-28)27(33)22-6-5-14-30(20-22)25(31)13-19-35-24-7-3-2-4-8-24/h2-4,7-12,22H,5-6,13-20H2,1H3. The first-order valence-electron chi connectivity index (χ1n) is 12.2. The summed E-state index contributed by atoms with van der Waals surface area (Å²) in [5, 5.41) is 0. The number of piperidine rings is 1. The van der Waals surface area contributed by atoms with Gasteiger partial charge in [0.25, 0.3) is 5.91 Å². The van der Waals surface area contributed by atoms with Crippen molar-refractivity contribution in [2.24, 2.45) is 5.92 Å². The number of hydrogen-bond acceptors (Lipinski definition) is 5. The average Bonchev–Trinajstić information content (AvgIpc) is 2.93. The molecule has 0 saturated carbocycles. The second kappa shape index (κ2) is 11.7. The highest BCUT2D eigenvalue weighted by Crippen LogP contribution is 2.21. The molecule has 1 atom stereocenters. The number of rotatable bonds is 7. The van der Waals surface area contributed by atoms with Crippen LogP contribution in [0.15, 0.2) is 54.6 Å². The fraction of sp³-hybridized carbons (Fsp3) is 0.444. The molecule has 2 aromatic rings. The molecule has 8 heteroatoms. The summed E-state index contributed by atoms with van der Waals surface area (Å²) in [5.74, 6) is 1.34. The molecule has 186 valence electrons. The Hall–Kier alpha value is -3.55. The third-order valence-corrected chi connectivity index (χ3v) is 6.67. The van der Waals surface area contributed by atoms with Gasteiger partial charge >= 0.3 is 0 Å². The van der Waals surface area contributed by atoms with E-state index < -0.39 is 0 Å². The zero-order chi connectivity index (χ0) is 24.6. The monoisotopic (exact) mass is 479 g/mol. The van der Waals surface area contributed by atoms with Crippen LogP contribution in [0.1, 0.15) is 29.6 Å². The third kappa shape index (κ3) is 6.32. The number of methoxy groups -OCH3 is 1. The van der Waals surface area contributed by atoms with E-state index in [2.05, 4.69) is 0 Å². The van der Waals surface area contributed by atoms with Gasteiger partial charge in [-0.25, -0.2) is 0 Å². The topological polar surface area (TPSA) is 79.4 Å². The van der Waals surface area contributed by atoms with Gasteiger partial charge in [-0.2, -0.15) is 0 Å². The number of amides is 3. The summed E-state index contributed by atoms with van der Waals surface area (Å²) in [5.41, 5.74) is 0.614. The zero-order valence-electron chi connectivity index (χ0n) is 20.2. The Labute approximate surface area is 206 Å². The van der Waals surface area contributed by atoms with Gasteiger partial charge in [-0.15, -0.1) is 0 Å². The minimum Gasteiger partial charge on any atom is -0.497 e. The summed E-state index contributed by atoms with van der Waals surface area (Å²) in [6.07, 6.45) is 1.90. The van der Waals surface area contributed by atoms with E-state index in [0.29, 0.717) is 63.6 Å². The number of benzene rings is 2. The first kappa shape index (κ1) is 24.6. The van der Waals surface area contributed by atoms with Crippen LogP contribution in [0.4, 0.5) is 0 Å². The minimum absolute atomic E-state index is 0.0216. The van der Waals surface area contributed by atoms with Crippen molar-refractivity contribution in [3.05, 3.63) is 60.2 Å². The number of likely N-dealkylation sites (tertiary alicyclic amines) is 1. The molecule has 3 amide bonds. The van der Waals surface area contributed by atoms with Crippen molar-refractivity contribution in [1.29, 1.82) is 0 Å². The highest BCUT2D eigenvalue weighted by Gasteiger charge is 2.33. The maximum absolute atomic E-state index is 13.2. The number of ether oxygens (including phenoxy) is 2. The average molecular weight is 480 g/mol. The molecule has 2 saturated heterocycles. The van der Waals surface area contributed by atoms with E-state index in [1.54, 1.807) is 41.2 Å². The van der Waals surface area contributed by atoms with Gasteiger partial charge in [0.05, 0.1) is 26.1 Å². The molecule has 2 aliphatic heterocycles. The van der Waals surface area contributed by atoms with Crippen molar-refractivity contribution in [2.75, 3.05) is 53.0 Å². The molecule has 0 aromatic heterocycles. The first-order chi connectivity index (χ1) is 17.0. The SMILES string of the molecule is COc1ccc(C(=O)N2CCN(C(=O)C3CCCN(C(=O)CCOc4ccccc4)C3)CC2)cc1. The molecule has 0 bridgehead atoms. The summed E-state index contributed by atoms with van der Waals surface area (Å²) in [6.45, 7) is 3.48. The predicted octanol–water partition coefficient (Wildman–Crippen LogP) is 2.69. The summed E-state index contributed by atoms with van der Waals surface area (Å²) in [4.78, 5) is 44.1. The lowest BCUT2D eigenvalue weighted by atomic mass is 9.96. The molecule has 2 aromatic carbocycles. The van der Waals surface area contributed by atoms with Crippen LogP contribution in [0.25, 0.3) is 0 Å². The Balaban J connectivity index is 1.23. The number of hydrogen-bond donors (Lipinski definition) is 0. The van der Waals surface area contributed by atoms with Crippen molar-refractivity contribution >= 4 is 17.7 Å². The van der Waals surface area contributed by atoms with Gasteiger partial charge in [-0.1, -0.05) is 18.2 Å². The maximum Gasteiger partial charge on any atom is 0.253 e. The number of piperazine rings is 1. The van der Waals surface area contributed by atoms with Crippen molar-refractivity contribution in [3.63, 3.8) is 0 Å². The Bertz CT molecular complexity index is 1000. The number of carbonyl (C=O) groups is 3. The molecule has 0 N–H and O–H groups in total. The lowest BCUT2D eigenvalue weighted by Crippen LogP contribution is -2.54. The van der Waals surface area contributed by atoms with E-state index in [1.807, 2.05) is 35.2 Å². The van der Waals surface area contributed by atoms with E-state index in [0.717, 1.165) is 18.6 Å². The third-order valence-electron chi connectivity index (χ3n) is 6.67. The van der Waals surface area contributed by atoms with E-state index >= 15 is 0 Å². The fourth-order valence-corrected chi connectivity index (χ4v) is 4.64. The van der Waals surface area contributed by atoms with Gasteiger partial charge < -0.3 is 24.2 Å². The minimum atomic E-state index is -0.188. The van der Waals surface area contributed by atoms with E-state index in [9.17, 15) is 14.4 Å². The zero-order valence-corrected chi connectivity index (χ0v) is 20.2. The fourth-order valence-electron chi connectivity index (χ4n) is 4.64. The summed E-state index contributed by atoms with van der Waals surface area (Å²) < 4.78 is 10.8. The van der Waals surface area contributed by atoms with Crippen LogP contribution >= 0.6 is 0 Å². The van der Waals surface area contributed by atoms with Crippen LogP contribution in [0.2, 0.25) is 0 Å². The molecular weight excluding hydrogens is 446 g/mol. The predicted molar refractivity (Wildman–Crippen MR) is 131 cm³/mol. The summed E-state index contributed by atoms with van der Waals surface area (Å²) in [7, 11) is 1.59. The van der Waals surface area contributed by atoms with Crippen LogP contribution < -0.4 is 9.47 Å². The molecule has 2 aliphatic rings. The molecule has 35 heavy (non-hydrogen) atoms. The first-order valence-corrected chi connectivity index (χ1v) is 12.2. The molecule has 2 fully saturated rings. The summed E-state index contributed by atoms with van der Waals surface area (Å²) >= 11 is 0. The summed E-state index contributed by atoms with van der Waals surface area (Å²) in [6, 6.07) is 16.5. The van der Waals surface area contributed by atoms with Gasteiger partial charge in [0.15, 0.2) is 0 Å². The molecule has 0 spiro atoms. The van der Waals surface area contributed by atoms with Crippen LogP contribution in [0.3, 0.4) is 0 Å². The highest BCUT2D eigenvalue weighted by atomic mass is 16.5. The second-order valence-electron chi connectivity index (χ2n) is 8.94. The molecule has 1 unspecified atom stereocenters. The Kier molecular flexibility index (Phi) is 8.23. The smallest absolute Gasteiger partial charge is 0.253 e. The Morgan fingerprint density at radius 1 is 0.829 bits per heavy atom. The maximum atomic E-state index is 13.2. The van der Waals surface area contributed by atoms with Crippen molar-refractivity contribution in [2.45, 2.75) is 19.3 Å².